The van der Waals surface area contributed by atoms with E-state index in [1.54, 1.807) is 11.3 Å². The quantitative estimate of drug-likeness (QED) is 0.746. The third kappa shape index (κ3) is 1.78. The number of nitrogens with one attached hydrogen (secondary N) is 2. The molecule has 17 heavy (non-hydrogen) atoms. The van der Waals surface area contributed by atoms with E-state index in [0.717, 1.165) is 6.42 Å². The second kappa shape index (κ2) is 3.85. The number of carbonyl (C=O) groups is 1. The molecule has 88 valence electrons. The summed E-state index contributed by atoms with van der Waals surface area (Å²) in [7, 11) is 0. The van der Waals surface area contributed by atoms with Gasteiger partial charge in [-0.1, -0.05) is 29.8 Å². The topological polar surface area (TPSA) is 56.7 Å². The highest BCUT2D eigenvalue weighted by Gasteiger charge is 2.37. The lowest BCUT2D eigenvalue weighted by Gasteiger charge is -2.23. The molecule has 2 aliphatic rings. The fourth-order valence-corrected chi connectivity index (χ4v) is 2.25. The van der Waals surface area contributed by atoms with Crippen molar-refractivity contribution in [3.05, 3.63) is 35.4 Å². The summed E-state index contributed by atoms with van der Waals surface area (Å²) in [6.07, 6.45) is 2.39. The number of aryl methyl sites for hydroxylation is 1. The summed E-state index contributed by atoms with van der Waals surface area (Å²) in [4.78, 5) is 11.6. The highest BCUT2D eigenvalue weighted by Crippen LogP contribution is 2.27. The minimum atomic E-state index is -0.154. The van der Waals surface area contributed by atoms with Crippen LogP contribution in [0.25, 0.3) is 0 Å². The Kier molecular flexibility index (Phi) is 2.33. The van der Waals surface area contributed by atoms with Crippen molar-refractivity contribution >= 4 is 12.2 Å². The van der Waals surface area contributed by atoms with Crippen molar-refractivity contribution in [2.24, 2.45) is 5.10 Å². The standard InChI is InChI=1S/C12H14N4O/c1-8-2-4-9(5-3-8)10-6-11-12(17)14-13-7-16(11)15-10/h2-5,7,10-11,15H,6H2,1H3,(H,14,17). The van der Waals surface area contributed by atoms with Gasteiger partial charge in [-0.15, -0.1) is 0 Å². The van der Waals surface area contributed by atoms with Gasteiger partial charge in [-0.05, 0) is 18.9 Å². The van der Waals surface area contributed by atoms with Gasteiger partial charge in [0.1, 0.15) is 12.4 Å². The number of benzene rings is 1. The summed E-state index contributed by atoms with van der Waals surface area (Å²) < 4.78 is 0. The second-order valence-electron chi connectivity index (χ2n) is 4.47. The summed E-state index contributed by atoms with van der Waals surface area (Å²) in [6.45, 7) is 2.06. The van der Waals surface area contributed by atoms with Crippen LogP contribution in [0, 0.1) is 6.92 Å². The van der Waals surface area contributed by atoms with Crippen LogP contribution < -0.4 is 10.9 Å². The Morgan fingerprint density at radius 3 is 2.82 bits per heavy atom. The van der Waals surface area contributed by atoms with Gasteiger partial charge in [-0.25, -0.2) is 10.9 Å². The van der Waals surface area contributed by atoms with Gasteiger partial charge in [-0.3, -0.25) is 9.80 Å². The smallest absolute Gasteiger partial charge is 0.264 e. The Labute approximate surface area is 99.5 Å². The maximum absolute atomic E-state index is 11.6. The molecule has 3 rings (SSSR count). The fraction of sp³-hybridized carbons (Fsp3) is 0.333. The van der Waals surface area contributed by atoms with Crippen molar-refractivity contribution in [2.75, 3.05) is 0 Å². The molecule has 0 bridgehead atoms. The minimum absolute atomic E-state index is 0.0467. The highest BCUT2D eigenvalue weighted by atomic mass is 16.2. The molecule has 0 radical (unpaired) electrons. The third-order valence-corrected chi connectivity index (χ3v) is 3.24. The molecule has 1 fully saturated rings. The van der Waals surface area contributed by atoms with Crippen molar-refractivity contribution in [1.29, 1.82) is 0 Å². The summed E-state index contributed by atoms with van der Waals surface area (Å²) in [6, 6.07) is 8.39. The zero-order valence-electron chi connectivity index (χ0n) is 9.55. The molecule has 0 saturated carbocycles. The Morgan fingerprint density at radius 2 is 2.12 bits per heavy atom. The summed E-state index contributed by atoms with van der Waals surface area (Å²) in [5, 5.41) is 5.56. The molecule has 5 nitrogen and oxygen atoms in total. The number of hydrogen-bond donors (Lipinski definition) is 2. The second-order valence-corrected chi connectivity index (χ2v) is 4.47. The highest BCUT2D eigenvalue weighted by molar-refractivity contribution is 5.87. The van der Waals surface area contributed by atoms with Crippen LogP contribution in [0.2, 0.25) is 0 Å². The van der Waals surface area contributed by atoms with Gasteiger partial charge in [0.2, 0.25) is 0 Å². The molecule has 2 atom stereocenters. The number of fused-ring (bicyclic) bond motifs is 1. The Hall–Kier alpha value is -1.88. The summed E-state index contributed by atoms with van der Waals surface area (Å²) in [5.41, 5.74) is 8.21. The number of nitrogens with zero attached hydrogens (tertiary/aromatic N) is 2. The van der Waals surface area contributed by atoms with E-state index >= 15 is 0 Å². The average molecular weight is 230 g/mol. The number of hydrazine groups is 1. The molecule has 2 N–H and O–H groups in total. The van der Waals surface area contributed by atoms with Crippen LogP contribution in [0.1, 0.15) is 23.6 Å². The fourth-order valence-electron chi connectivity index (χ4n) is 2.25. The molecule has 1 aromatic carbocycles. The van der Waals surface area contributed by atoms with Gasteiger partial charge >= 0.3 is 0 Å². The molecular weight excluding hydrogens is 216 g/mol. The van der Waals surface area contributed by atoms with Crippen LogP contribution in [0.4, 0.5) is 0 Å². The van der Waals surface area contributed by atoms with Crippen molar-refractivity contribution in [3.8, 4) is 0 Å². The first-order valence-corrected chi connectivity index (χ1v) is 5.68. The molecule has 1 amide bonds. The minimum Gasteiger partial charge on any atom is -0.283 e. The lowest BCUT2D eigenvalue weighted by molar-refractivity contribution is -0.125. The van der Waals surface area contributed by atoms with E-state index in [-0.39, 0.29) is 18.0 Å². The maximum Gasteiger partial charge on any atom is 0.264 e. The molecule has 0 spiro atoms. The normalized spacial score (nSPS) is 26.9. The van der Waals surface area contributed by atoms with E-state index in [9.17, 15) is 4.79 Å². The largest absolute Gasteiger partial charge is 0.283 e. The zero-order chi connectivity index (χ0) is 11.8. The summed E-state index contributed by atoms with van der Waals surface area (Å²) in [5.74, 6) is -0.0467. The van der Waals surface area contributed by atoms with Crippen LogP contribution >= 0.6 is 0 Å². The molecule has 2 heterocycles. The van der Waals surface area contributed by atoms with E-state index in [1.807, 2.05) is 0 Å². The van der Waals surface area contributed by atoms with Gasteiger partial charge in [0, 0.05) is 0 Å². The number of hydrogen-bond acceptors (Lipinski definition) is 4. The Balaban J connectivity index is 1.82. The van der Waals surface area contributed by atoms with Crippen molar-refractivity contribution in [2.45, 2.75) is 25.4 Å². The lowest BCUT2D eigenvalue weighted by Crippen LogP contribution is -2.48. The Morgan fingerprint density at radius 1 is 1.35 bits per heavy atom. The van der Waals surface area contributed by atoms with Crippen LogP contribution in [-0.4, -0.2) is 23.3 Å². The number of rotatable bonds is 1. The van der Waals surface area contributed by atoms with Crippen molar-refractivity contribution in [1.82, 2.24) is 15.9 Å². The SMILES string of the molecule is Cc1ccc(C2CC3C(=O)NN=CN3N2)cc1. The van der Waals surface area contributed by atoms with Gasteiger partial charge in [0.05, 0.1) is 6.04 Å². The molecule has 0 aromatic heterocycles. The molecule has 1 aromatic rings. The lowest BCUT2D eigenvalue weighted by atomic mass is 10.0. The molecular formula is C12H14N4O. The molecule has 2 unspecified atom stereocenters. The van der Waals surface area contributed by atoms with E-state index in [4.69, 9.17) is 0 Å². The third-order valence-electron chi connectivity index (χ3n) is 3.24. The number of carbonyl (C=O) groups excluding carboxylic acids is 1. The molecule has 0 aliphatic carbocycles. The van der Waals surface area contributed by atoms with Gasteiger partial charge < -0.3 is 0 Å². The maximum atomic E-state index is 11.6. The average Bonchev–Trinajstić information content (AvgIpc) is 2.75. The van der Waals surface area contributed by atoms with Crippen LogP contribution in [0.15, 0.2) is 29.4 Å². The van der Waals surface area contributed by atoms with E-state index < -0.39 is 0 Å². The monoisotopic (exact) mass is 230 g/mol. The predicted octanol–water partition coefficient (Wildman–Crippen LogP) is 0.688. The Bertz CT molecular complexity index is 468. The number of amides is 1. The van der Waals surface area contributed by atoms with Gasteiger partial charge in [-0.2, -0.15) is 5.10 Å². The first kappa shape index (κ1) is 10.3. The van der Waals surface area contributed by atoms with E-state index in [1.165, 1.54) is 11.1 Å². The molecule has 2 aliphatic heterocycles. The summed E-state index contributed by atoms with van der Waals surface area (Å²) >= 11 is 0. The van der Waals surface area contributed by atoms with Gasteiger partial charge in [0.25, 0.3) is 5.91 Å². The van der Waals surface area contributed by atoms with Crippen molar-refractivity contribution in [3.63, 3.8) is 0 Å². The van der Waals surface area contributed by atoms with E-state index in [0.29, 0.717) is 0 Å². The predicted molar refractivity (Wildman–Crippen MR) is 63.9 cm³/mol. The first-order chi connectivity index (χ1) is 8.24. The zero-order valence-corrected chi connectivity index (χ0v) is 9.55. The van der Waals surface area contributed by atoms with E-state index in [2.05, 4.69) is 47.1 Å². The number of hydrazone groups is 1. The first-order valence-electron chi connectivity index (χ1n) is 5.68. The van der Waals surface area contributed by atoms with Gasteiger partial charge in [0.15, 0.2) is 0 Å². The van der Waals surface area contributed by atoms with Crippen LogP contribution in [0.3, 0.4) is 0 Å². The van der Waals surface area contributed by atoms with Crippen LogP contribution in [0.5, 0.6) is 0 Å². The van der Waals surface area contributed by atoms with Crippen LogP contribution in [-0.2, 0) is 4.79 Å². The molecule has 1 saturated heterocycles. The van der Waals surface area contributed by atoms with Crippen molar-refractivity contribution < 1.29 is 4.79 Å². The molecule has 5 heteroatoms.